The zero-order valence-electron chi connectivity index (χ0n) is 13.2. The molecule has 1 N–H and O–H groups in total. The summed E-state index contributed by atoms with van der Waals surface area (Å²) >= 11 is 13.5. The molecule has 2 aromatic carbocycles. The standard InChI is InChI=1S/C19H11Cl2N3OS/c20-11-7-8-14(13(21)10-11)23-18(25)12-4-3-9-22-17(12)19-24-15-5-1-2-6-16(15)26-19/h1-10H,(H,23,25). The largest absolute Gasteiger partial charge is 0.321 e. The third-order valence-corrected chi connectivity index (χ3v) is 5.32. The monoisotopic (exact) mass is 399 g/mol. The van der Waals surface area contributed by atoms with Gasteiger partial charge < -0.3 is 5.32 Å². The molecule has 0 atom stereocenters. The van der Waals surface area contributed by atoms with Gasteiger partial charge in [-0.25, -0.2) is 4.98 Å². The predicted molar refractivity (Wildman–Crippen MR) is 107 cm³/mol. The summed E-state index contributed by atoms with van der Waals surface area (Å²) in [5.41, 5.74) is 2.33. The van der Waals surface area contributed by atoms with Gasteiger partial charge >= 0.3 is 0 Å². The van der Waals surface area contributed by atoms with Gasteiger partial charge in [-0.15, -0.1) is 11.3 Å². The first-order valence-corrected chi connectivity index (χ1v) is 9.26. The number of hydrogen-bond donors (Lipinski definition) is 1. The number of pyridine rings is 1. The summed E-state index contributed by atoms with van der Waals surface area (Å²) in [6.07, 6.45) is 1.65. The van der Waals surface area contributed by atoms with Gasteiger partial charge in [0.15, 0.2) is 0 Å². The van der Waals surface area contributed by atoms with Crippen LogP contribution in [0.15, 0.2) is 60.8 Å². The molecule has 0 aliphatic rings. The number of benzene rings is 2. The van der Waals surface area contributed by atoms with Crippen LogP contribution >= 0.6 is 34.5 Å². The Balaban J connectivity index is 1.72. The van der Waals surface area contributed by atoms with Crippen molar-refractivity contribution in [3.8, 4) is 10.7 Å². The minimum atomic E-state index is -0.309. The molecule has 2 heterocycles. The molecule has 0 unspecified atom stereocenters. The highest BCUT2D eigenvalue weighted by Crippen LogP contribution is 2.31. The lowest BCUT2D eigenvalue weighted by atomic mass is 10.1. The Kier molecular flexibility index (Phi) is 4.59. The second-order valence-corrected chi connectivity index (χ2v) is 7.34. The number of hydrogen-bond acceptors (Lipinski definition) is 4. The van der Waals surface area contributed by atoms with Crippen molar-refractivity contribution in [2.24, 2.45) is 0 Å². The zero-order valence-corrected chi connectivity index (χ0v) is 15.6. The van der Waals surface area contributed by atoms with Crippen LogP contribution in [-0.2, 0) is 0 Å². The lowest BCUT2D eigenvalue weighted by molar-refractivity contribution is 0.102. The van der Waals surface area contributed by atoms with E-state index >= 15 is 0 Å². The fourth-order valence-corrected chi connectivity index (χ4v) is 3.95. The smallest absolute Gasteiger partial charge is 0.258 e. The first-order chi connectivity index (χ1) is 12.6. The number of nitrogens with zero attached hydrogens (tertiary/aromatic N) is 2. The normalized spacial score (nSPS) is 10.8. The van der Waals surface area contributed by atoms with E-state index < -0.39 is 0 Å². The van der Waals surface area contributed by atoms with Crippen molar-refractivity contribution >= 4 is 56.3 Å². The Labute approximate surface area is 163 Å². The van der Waals surface area contributed by atoms with E-state index in [1.54, 1.807) is 36.5 Å². The van der Waals surface area contributed by atoms with Gasteiger partial charge in [-0.2, -0.15) is 0 Å². The molecule has 0 aliphatic carbocycles. The molecule has 2 aromatic heterocycles. The van der Waals surface area contributed by atoms with Crippen molar-refractivity contribution in [3.05, 3.63) is 76.4 Å². The Bertz CT molecular complexity index is 1090. The summed E-state index contributed by atoms with van der Waals surface area (Å²) in [5.74, 6) is -0.309. The fourth-order valence-electron chi connectivity index (χ4n) is 2.51. The first-order valence-electron chi connectivity index (χ1n) is 7.69. The second kappa shape index (κ2) is 7.03. The highest BCUT2D eigenvalue weighted by molar-refractivity contribution is 7.21. The van der Waals surface area contributed by atoms with E-state index in [2.05, 4.69) is 15.3 Å². The van der Waals surface area contributed by atoms with Crippen LogP contribution in [0.3, 0.4) is 0 Å². The average Bonchev–Trinajstić information content (AvgIpc) is 3.08. The minimum Gasteiger partial charge on any atom is -0.321 e. The van der Waals surface area contributed by atoms with Crippen molar-refractivity contribution in [3.63, 3.8) is 0 Å². The maximum Gasteiger partial charge on any atom is 0.258 e. The van der Waals surface area contributed by atoms with E-state index in [1.807, 2.05) is 24.3 Å². The highest BCUT2D eigenvalue weighted by Gasteiger charge is 2.18. The van der Waals surface area contributed by atoms with Gasteiger partial charge in [-0.3, -0.25) is 9.78 Å². The van der Waals surface area contributed by atoms with Gasteiger partial charge in [0.25, 0.3) is 5.91 Å². The van der Waals surface area contributed by atoms with E-state index in [4.69, 9.17) is 23.2 Å². The number of rotatable bonds is 3. The third kappa shape index (κ3) is 3.29. The van der Waals surface area contributed by atoms with Crippen LogP contribution in [0.4, 0.5) is 5.69 Å². The lowest BCUT2D eigenvalue weighted by Crippen LogP contribution is -2.14. The van der Waals surface area contributed by atoms with Crippen molar-refractivity contribution in [1.82, 2.24) is 9.97 Å². The number of carbonyl (C=O) groups is 1. The first kappa shape index (κ1) is 17.0. The molecular weight excluding hydrogens is 389 g/mol. The maximum atomic E-state index is 12.8. The molecule has 0 fully saturated rings. The molecule has 4 aromatic rings. The summed E-state index contributed by atoms with van der Waals surface area (Å²) in [4.78, 5) is 21.8. The van der Waals surface area contributed by atoms with Crippen molar-refractivity contribution < 1.29 is 4.79 Å². The Morgan fingerprint density at radius 3 is 2.69 bits per heavy atom. The molecule has 0 spiro atoms. The molecule has 26 heavy (non-hydrogen) atoms. The molecule has 1 amide bonds. The molecule has 0 bridgehead atoms. The van der Waals surface area contributed by atoms with Gasteiger partial charge in [-0.1, -0.05) is 35.3 Å². The van der Waals surface area contributed by atoms with Gasteiger partial charge in [0.05, 0.1) is 26.5 Å². The number of nitrogens with one attached hydrogen (secondary N) is 1. The number of para-hydroxylation sites is 1. The van der Waals surface area contributed by atoms with E-state index in [0.29, 0.717) is 32.0 Å². The van der Waals surface area contributed by atoms with Gasteiger partial charge in [0.2, 0.25) is 0 Å². The summed E-state index contributed by atoms with van der Waals surface area (Å²) in [6.45, 7) is 0. The quantitative estimate of drug-likeness (QED) is 0.465. The predicted octanol–water partition coefficient (Wildman–Crippen LogP) is 5.92. The number of amides is 1. The molecular formula is C19H11Cl2N3OS. The van der Waals surface area contributed by atoms with Gasteiger partial charge in [0.1, 0.15) is 10.7 Å². The average molecular weight is 400 g/mol. The van der Waals surface area contributed by atoms with Crippen LogP contribution in [0.25, 0.3) is 20.9 Å². The molecule has 4 rings (SSSR count). The summed E-state index contributed by atoms with van der Waals surface area (Å²) in [5, 5.41) is 4.37. The molecule has 0 aliphatic heterocycles. The van der Waals surface area contributed by atoms with Gasteiger partial charge in [-0.05, 0) is 42.5 Å². The van der Waals surface area contributed by atoms with Crippen molar-refractivity contribution in [1.29, 1.82) is 0 Å². The Morgan fingerprint density at radius 1 is 1.04 bits per heavy atom. The third-order valence-electron chi connectivity index (χ3n) is 3.73. The molecule has 7 heteroatoms. The number of aromatic nitrogens is 2. The van der Waals surface area contributed by atoms with Crippen LogP contribution in [0.2, 0.25) is 10.0 Å². The summed E-state index contributed by atoms with van der Waals surface area (Å²) in [7, 11) is 0. The van der Waals surface area contributed by atoms with Crippen LogP contribution in [0.1, 0.15) is 10.4 Å². The molecule has 4 nitrogen and oxygen atoms in total. The van der Waals surface area contributed by atoms with E-state index in [0.717, 1.165) is 10.2 Å². The Hall–Kier alpha value is -2.47. The van der Waals surface area contributed by atoms with Crippen molar-refractivity contribution in [2.45, 2.75) is 0 Å². The van der Waals surface area contributed by atoms with Gasteiger partial charge in [0, 0.05) is 11.2 Å². The lowest BCUT2D eigenvalue weighted by Gasteiger charge is -2.09. The Morgan fingerprint density at radius 2 is 1.88 bits per heavy atom. The summed E-state index contributed by atoms with van der Waals surface area (Å²) in [6, 6.07) is 16.2. The molecule has 128 valence electrons. The van der Waals surface area contributed by atoms with Crippen molar-refractivity contribution in [2.75, 3.05) is 5.32 Å². The van der Waals surface area contributed by atoms with Crippen LogP contribution in [0.5, 0.6) is 0 Å². The number of halogens is 2. The molecule has 0 radical (unpaired) electrons. The summed E-state index contributed by atoms with van der Waals surface area (Å²) < 4.78 is 1.04. The number of fused-ring (bicyclic) bond motifs is 1. The highest BCUT2D eigenvalue weighted by atomic mass is 35.5. The number of thiazole rings is 1. The van der Waals surface area contributed by atoms with E-state index in [9.17, 15) is 4.79 Å². The SMILES string of the molecule is O=C(Nc1ccc(Cl)cc1Cl)c1cccnc1-c1nc2ccccc2s1. The van der Waals surface area contributed by atoms with E-state index in [1.165, 1.54) is 11.3 Å². The zero-order chi connectivity index (χ0) is 18.1. The number of anilines is 1. The second-order valence-electron chi connectivity index (χ2n) is 5.46. The number of carbonyl (C=O) groups excluding carboxylic acids is 1. The van der Waals surface area contributed by atoms with Crippen LogP contribution < -0.4 is 5.32 Å². The van der Waals surface area contributed by atoms with Crippen LogP contribution in [-0.4, -0.2) is 15.9 Å². The van der Waals surface area contributed by atoms with E-state index in [-0.39, 0.29) is 5.91 Å². The van der Waals surface area contributed by atoms with Crippen LogP contribution in [0, 0.1) is 0 Å². The molecule has 0 saturated carbocycles. The maximum absolute atomic E-state index is 12.8. The molecule has 0 saturated heterocycles. The minimum absolute atomic E-state index is 0.309. The topological polar surface area (TPSA) is 54.9 Å². The fraction of sp³-hybridized carbons (Fsp3) is 0.